The summed E-state index contributed by atoms with van der Waals surface area (Å²) in [6.07, 6.45) is 3.70. The fourth-order valence-corrected chi connectivity index (χ4v) is 2.71. The van der Waals surface area contributed by atoms with Gasteiger partial charge in [0.1, 0.15) is 5.69 Å². The molecule has 0 aliphatic carbocycles. The fraction of sp³-hybridized carbons (Fsp3) is 0.385. The molecule has 0 radical (unpaired) electrons. The van der Waals surface area contributed by atoms with Gasteiger partial charge in [0.25, 0.3) is 0 Å². The summed E-state index contributed by atoms with van der Waals surface area (Å²) < 4.78 is 2.55. The maximum atomic E-state index is 11.1. The number of hydrogen-bond acceptors (Lipinski definition) is 3. The van der Waals surface area contributed by atoms with Crippen LogP contribution in [0, 0.1) is 5.92 Å². The summed E-state index contributed by atoms with van der Waals surface area (Å²) in [5.74, 6) is 0.619. The highest BCUT2D eigenvalue weighted by Gasteiger charge is 2.12. The molecule has 2 aromatic rings. The van der Waals surface area contributed by atoms with Crippen LogP contribution in [0.2, 0.25) is 4.34 Å². The number of carbonyl (C=O) groups excluding carboxylic acids is 1. The predicted octanol–water partition coefficient (Wildman–Crippen LogP) is 4.12. The van der Waals surface area contributed by atoms with Gasteiger partial charge in [-0.2, -0.15) is 5.10 Å². The average Bonchev–Trinajstić information content (AvgIpc) is 2.92. The summed E-state index contributed by atoms with van der Waals surface area (Å²) in [7, 11) is 0. The first-order valence-electron chi connectivity index (χ1n) is 5.88. The van der Waals surface area contributed by atoms with Crippen molar-refractivity contribution >= 4 is 29.2 Å². The molecule has 2 aromatic heterocycles. The molecule has 0 saturated carbocycles. The highest BCUT2D eigenvalue weighted by atomic mass is 35.5. The molecule has 0 unspecified atom stereocenters. The van der Waals surface area contributed by atoms with Gasteiger partial charge >= 0.3 is 0 Å². The minimum atomic E-state index is 0.619. The molecule has 5 heteroatoms. The van der Waals surface area contributed by atoms with Crippen LogP contribution in [0.15, 0.2) is 18.3 Å². The van der Waals surface area contributed by atoms with Gasteiger partial charge in [0.15, 0.2) is 6.29 Å². The summed E-state index contributed by atoms with van der Waals surface area (Å²) in [5.41, 5.74) is 1.35. The van der Waals surface area contributed by atoms with Crippen molar-refractivity contribution in [1.29, 1.82) is 0 Å². The van der Waals surface area contributed by atoms with Crippen molar-refractivity contribution in [2.75, 3.05) is 0 Å². The van der Waals surface area contributed by atoms with E-state index in [1.165, 1.54) is 11.3 Å². The zero-order chi connectivity index (χ0) is 13.1. The minimum absolute atomic E-state index is 0.619. The number of nitrogens with zero attached hydrogens (tertiary/aromatic N) is 2. The van der Waals surface area contributed by atoms with Crippen LogP contribution in [-0.2, 0) is 6.54 Å². The van der Waals surface area contributed by atoms with E-state index in [0.717, 1.165) is 29.8 Å². The summed E-state index contributed by atoms with van der Waals surface area (Å²) in [6, 6.07) is 3.72. The lowest BCUT2D eigenvalue weighted by Crippen LogP contribution is -2.01. The van der Waals surface area contributed by atoms with Crippen LogP contribution in [-0.4, -0.2) is 16.1 Å². The first-order chi connectivity index (χ1) is 8.60. The molecule has 0 bridgehead atoms. The zero-order valence-electron chi connectivity index (χ0n) is 10.4. The number of rotatable bonds is 5. The Hall–Kier alpha value is -1.13. The second-order valence-electron chi connectivity index (χ2n) is 4.60. The van der Waals surface area contributed by atoms with Gasteiger partial charge in [-0.05, 0) is 24.5 Å². The maximum absolute atomic E-state index is 11.1. The lowest BCUT2D eigenvalue weighted by molar-refractivity contribution is 0.112. The first kappa shape index (κ1) is 13.3. The molecule has 0 aromatic carbocycles. The van der Waals surface area contributed by atoms with E-state index in [-0.39, 0.29) is 0 Å². The van der Waals surface area contributed by atoms with Gasteiger partial charge in [-0.15, -0.1) is 11.3 Å². The van der Waals surface area contributed by atoms with Crippen molar-refractivity contribution in [2.24, 2.45) is 5.92 Å². The lowest BCUT2D eigenvalue weighted by Gasteiger charge is -2.03. The predicted molar refractivity (Wildman–Crippen MR) is 75.4 cm³/mol. The van der Waals surface area contributed by atoms with E-state index in [1.54, 1.807) is 6.20 Å². The molecule has 0 spiro atoms. The van der Waals surface area contributed by atoms with Gasteiger partial charge < -0.3 is 0 Å². The van der Waals surface area contributed by atoms with E-state index in [9.17, 15) is 4.79 Å². The van der Waals surface area contributed by atoms with E-state index in [1.807, 2.05) is 16.8 Å². The highest BCUT2D eigenvalue weighted by Crippen LogP contribution is 2.31. The van der Waals surface area contributed by atoms with Gasteiger partial charge in [-0.25, -0.2) is 0 Å². The van der Waals surface area contributed by atoms with Crippen LogP contribution >= 0.6 is 22.9 Å². The van der Waals surface area contributed by atoms with Crippen molar-refractivity contribution in [3.63, 3.8) is 0 Å². The monoisotopic (exact) mass is 282 g/mol. The SMILES string of the molecule is CC(C)CCn1cc(C=O)c(-c2ccc(Cl)s2)n1. The second-order valence-corrected chi connectivity index (χ2v) is 6.32. The molecule has 18 heavy (non-hydrogen) atoms. The van der Waals surface area contributed by atoms with Crippen LogP contribution in [0.5, 0.6) is 0 Å². The Morgan fingerprint density at radius 1 is 1.50 bits per heavy atom. The third-order valence-electron chi connectivity index (χ3n) is 2.66. The van der Waals surface area contributed by atoms with Crippen molar-refractivity contribution in [2.45, 2.75) is 26.8 Å². The molecule has 0 aliphatic rings. The van der Waals surface area contributed by atoms with E-state index < -0.39 is 0 Å². The zero-order valence-corrected chi connectivity index (χ0v) is 12.0. The summed E-state index contributed by atoms with van der Waals surface area (Å²) in [5, 5.41) is 4.47. The van der Waals surface area contributed by atoms with Crippen molar-refractivity contribution in [1.82, 2.24) is 9.78 Å². The second kappa shape index (κ2) is 5.67. The molecule has 0 atom stereocenters. The Balaban J connectivity index is 2.27. The van der Waals surface area contributed by atoms with Gasteiger partial charge in [0.2, 0.25) is 0 Å². The molecule has 0 saturated heterocycles. The van der Waals surface area contributed by atoms with Crippen molar-refractivity contribution < 1.29 is 4.79 Å². The molecule has 0 N–H and O–H groups in total. The van der Waals surface area contributed by atoms with Crippen molar-refractivity contribution in [3.05, 3.63) is 28.2 Å². The Morgan fingerprint density at radius 2 is 2.28 bits per heavy atom. The smallest absolute Gasteiger partial charge is 0.153 e. The lowest BCUT2D eigenvalue weighted by atomic mass is 10.1. The minimum Gasteiger partial charge on any atom is -0.298 e. The number of aryl methyl sites for hydroxylation is 1. The van der Waals surface area contributed by atoms with Crippen LogP contribution in [0.25, 0.3) is 10.6 Å². The van der Waals surface area contributed by atoms with E-state index in [2.05, 4.69) is 18.9 Å². The number of aldehydes is 1. The molecule has 96 valence electrons. The Labute approximate surface area is 115 Å². The largest absolute Gasteiger partial charge is 0.298 e. The van der Waals surface area contributed by atoms with Crippen LogP contribution < -0.4 is 0 Å². The van der Waals surface area contributed by atoms with Crippen LogP contribution in [0.4, 0.5) is 0 Å². The third-order valence-corrected chi connectivity index (χ3v) is 3.90. The van der Waals surface area contributed by atoms with Crippen molar-refractivity contribution in [3.8, 4) is 10.6 Å². The van der Waals surface area contributed by atoms with Gasteiger partial charge in [-0.1, -0.05) is 25.4 Å². The molecule has 0 aliphatic heterocycles. The summed E-state index contributed by atoms with van der Waals surface area (Å²) in [4.78, 5) is 12.0. The molecule has 2 heterocycles. The van der Waals surface area contributed by atoms with Crippen LogP contribution in [0.3, 0.4) is 0 Å². The topological polar surface area (TPSA) is 34.9 Å². The molecular weight excluding hydrogens is 268 g/mol. The van der Waals surface area contributed by atoms with E-state index >= 15 is 0 Å². The van der Waals surface area contributed by atoms with Gasteiger partial charge in [0, 0.05) is 12.7 Å². The maximum Gasteiger partial charge on any atom is 0.153 e. The fourth-order valence-electron chi connectivity index (χ4n) is 1.66. The molecular formula is C13H15ClN2OS. The standard InChI is InChI=1S/C13H15ClN2OS/c1-9(2)5-6-16-7-10(8-17)13(15-16)11-3-4-12(14)18-11/h3-4,7-9H,5-6H2,1-2H3. The number of aromatic nitrogens is 2. The Kier molecular flexibility index (Phi) is 4.19. The van der Waals surface area contributed by atoms with E-state index in [4.69, 9.17) is 11.6 Å². The molecule has 0 fully saturated rings. The summed E-state index contributed by atoms with van der Waals surface area (Å²) in [6.45, 7) is 5.17. The molecule has 3 nitrogen and oxygen atoms in total. The number of thiophene rings is 1. The highest BCUT2D eigenvalue weighted by molar-refractivity contribution is 7.19. The Bertz CT molecular complexity index is 545. The van der Waals surface area contributed by atoms with Gasteiger partial charge in [-0.3, -0.25) is 9.48 Å². The average molecular weight is 283 g/mol. The molecule has 0 amide bonds. The van der Waals surface area contributed by atoms with Crippen LogP contribution in [0.1, 0.15) is 30.6 Å². The number of halogens is 1. The normalized spacial score (nSPS) is 11.1. The summed E-state index contributed by atoms with van der Waals surface area (Å²) >= 11 is 7.35. The first-order valence-corrected chi connectivity index (χ1v) is 7.08. The third kappa shape index (κ3) is 3.00. The van der Waals surface area contributed by atoms with Gasteiger partial charge in [0.05, 0.1) is 14.8 Å². The van der Waals surface area contributed by atoms with E-state index in [0.29, 0.717) is 15.8 Å². The number of hydrogen-bond donors (Lipinski definition) is 0. The number of carbonyl (C=O) groups is 1. The Morgan fingerprint density at radius 3 is 2.83 bits per heavy atom. The molecule has 2 rings (SSSR count). The quantitative estimate of drug-likeness (QED) is 0.773.